The van der Waals surface area contributed by atoms with E-state index in [9.17, 15) is 22.8 Å². The second kappa shape index (κ2) is 5.75. The minimum atomic E-state index is -4.59. The summed E-state index contributed by atoms with van der Waals surface area (Å²) in [5.41, 5.74) is -1.10. The van der Waals surface area contributed by atoms with Gasteiger partial charge in [-0.05, 0) is 31.0 Å². The van der Waals surface area contributed by atoms with E-state index in [2.05, 4.69) is 5.32 Å². The van der Waals surface area contributed by atoms with Crippen molar-refractivity contribution in [3.8, 4) is 0 Å². The van der Waals surface area contributed by atoms with Crippen molar-refractivity contribution in [1.82, 2.24) is 5.32 Å². The summed E-state index contributed by atoms with van der Waals surface area (Å²) >= 11 is 0. The number of likely N-dealkylation sites (N-methyl/N-ethyl adjacent to an activating group) is 1. The number of hydrogen-bond donors (Lipinski definition) is 1. The van der Waals surface area contributed by atoms with Gasteiger partial charge in [0.15, 0.2) is 0 Å². The van der Waals surface area contributed by atoms with Gasteiger partial charge in [-0.1, -0.05) is 0 Å². The SMILES string of the molecule is CN(CC(=O)NC1CC1)c1ccc(C=O)cc1C(F)(F)F. The molecule has 1 aromatic rings. The molecule has 1 aliphatic carbocycles. The van der Waals surface area contributed by atoms with Gasteiger partial charge in [-0.15, -0.1) is 0 Å². The zero-order valence-electron chi connectivity index (χ0n) is 11.4. The zero-order chi connectivity index (χ0) is 15.6. The van der Waals surface area contributed by atoms with Crippen molar-refractivity contribution in [3.63, 3.8) is 0 Å². The van der Waals surface area contributed by atoms with Crippen LogP contribution in [0.1, 0.15) is 28.8 Å². The highest BCUT2D eigenvalue weighted by atomic mass is 19.4. The van der Waals surface area contributed by atoms with Crippen molar-refractivity contribution >= 4 is 17.9 Å². The third-order valence-corrected chi connectivity index (χ3v) is 3.20. The first-order chi connectivity index (χ1) is 9.81. The van der Waals surface area contributed by atoms with E-state index in [0.29, 0.717) is 6.29 Å². The largest absolute Gasteiger partial charge is 0.418 e. The lowest BCUT2D eigenvalue weighted by Crippen LogP contribution is -2.37. The third kappa shape index (κ3) is 3.96. The topological polar surface area (TPSA) is 49.4 Å². The van der Waals surface area contributed by atoms with Crippen molar-refractivity contribution in [3.05, 3.63) is 29.3 Å². The fourth-order valence-electron chi connectivity index (χ4n) is 1.99. The summed E-state index contributed by atoms with van der Waals surface area (Å²) < 4.78 is 39.1. The number of carbonyl (C=O) groups is 2. The number of rotatable bonds is 5. The number of amides is 1. The first kappa shape index (κ1) is 15.3. The molecule has 1 aromatic carbocycles. The van der Waals surface area contributed by atoms with Gasteiger partial charge in [0.05, 0.1) is 12.1 Å². The number of carbonyl (C=O) groups excluding carboxylic acids is 2. The molecule has 1 amide bonds. The number of aldehydes is 1. The minimum Gasteiger partial charge on any atom is -0.365 e. The van der Waals surface area contributed by atoms with Gasteiger partial charge >= 0.3 is 6.18 Å². The highest BCUT2D eigenvalue weighted by Crippen LogP contribution is 2.36. The molecule has 114 valence electrons. The molecule has 1 aliphatic rings. The van der Waals surface area contributed by atoms with Crippen LogP contribution in [0.2, 0.25) is 0 Å². The number of benzene rings is 1. The Morgan fingerprint density at radius 2 is 2.10 bits per heavy atom. The molecule has 0 saturated heterocycles. The third-order valence-electron chi connectivity index (χ3n) is 3.20. The molecule has 2 rings (SSSR count). The van der Waals surface area contributed by atoms with Crippen LogP contribution >= 0.6 is 0 Å². The van der Waals surface area contributed by atoms with Gasteiger partial charge in [0.25, 0.3) is 0 Å². The molecule has 0 aliphatic heterocycles. The molecule has 1 fully saturated rings. The van der Waals surface area contributed by atoms with Crippen LogP contribution in [0.15, 0.2) is 18.2 Å². The fraction of sp³-hybridized carbons (Fsp3) is 0.429. The van der Waals surface area contributed by atoms with Gasteiger partial charge < -0.3 is 10.2 Å². The molecule has 4 nitrogen and oxygen atoms in total. The molecule has 1 saturated carbocycles. The van der Waals surface area contributed by atoms with E-state index < -0.39 is 11.7 Å². The van der Waals surface area contributed by atoms with Crippen LogP contribution in [0.25, 0.3) is 0 Å². The molecule has 1 N–H and O–H groups in total. The fourth-order valence-corrected chi connectivity index (χ4v) is 1.99. The maximum Gasteiger partial charge on any atom is 0.418 e. The molecule has 7 heteroatoms. The van der Waals surface area contributed by atoms with Crippen LogP contribution in [0.5, 0.6) is 0 Å². The highest BCUT2D eigenvalue weighted by molar-refractivity contribution is 5.83. The Morgan fingerprint density at radius 1 is 1.43 bits per heavy atom. The van der Waals surface area contributed by atoms with Crippen molar-refractivity contribution in [1.29, 1.82) is 0 Å². The Bertz CT molecular complexity index is 554. The maximum absolute atomic E-state index is 13.0. The minimum absolute atomic E-state index is 0.0538. The Balaban J connectivity index is 2.20. The maximum atomic E-state index is 13.0. The molecule has 0 spiro atoms. The molecule has 0 atom stereocenters. The van der Waals surface area contributed by atoms with E-state index in [1.807, 2.05) is 0 Å². The summed E-state index contributed by atoms with van der Waals surface area (Å²) in [6.07, 6.45) is -2.40. The number of alkyl halides is 3. The first-order valence-corrected chi connectivity index (χ1v) is 6.48. The van der Waals surface area contributed by atoms with Crippen LogP contribution in [0, 0.1) is 0 Å². The molecule has 0 bridgehead atoms. The monoisotopic (exact) mass is 300 g/mol. The summed E-state index contributed by atoms with van der Waals surface area (Å²) in [6, 6.07) is 3.45. The van der Waals surface area contributed by atoms with Gasteiger partial charge in [0.2, 0.25) is 5.91 Å². The average molecular weight is 300 g/mol. The molecule has 21 heavy (non-hydrogen) atoms. The van der Waals surface area contributed by atoms with Gasteiger partial charge in [-0.3, -0.25) is 9.59 Å². The van der Waals surface area contributed by atoms with Crippen LogP contribution in [0.4, 0.5) is 18.9 Å². The summed E-state index contributed by atoms with van der Waals surface area (Å²) in [5.74, 6) is -0.312. The Morgan fingerprint density at radius 3 is 2.62 bits per heavy atom. The van der Waals surface area contributed by atoms with Crippen LogP contribution in [-0.4, -0.2) is 31.8 Å². The van der Waals surface area contributed by atoms with Crippen molar-refractivity contribution < 1.29 is 22.8 Å². The molecular weight excluding hydrogens is 285 g/mol. The quantitative estimate of drug-likeness (QED) is 0.848. The van der Waals surface area contributed by atoms with Crippen LogP contribution in [-0.2, 0) is 11.0 Å². The van der Waals surface area contributed by atoms with Gasteiger partial charge in [-0.2, -0.15) is 13.2 Å². The second-order valence-corrected chi connectivity index (χ2v) is 5.09. The summed E-state index contributed by atoms with van der Waals surface area (Å²) in [4.78, 5) is 23.5. The van der Waals surface area contributed by atoms with Crippen molar-refractivity contribution in [2.45, 2.75) is 25.1 Å². The highest BCUT2D eigenvalue weighted by Gasteiger charge is 2.35. The van der Waals surface area contributed by atoms with E-state index in [-0.39, 0.29) is 29.7 Å². The second-order valence-electron chi connectivity index (χ2n) is 5.09. The number of nitrogens with one attached hydrogen (secondary N) is 1. The lowest BCUT2D eigenvalue weighted by molar-refractivity contribution is -0.137. The predicted octanol–water partition coefficient (Wildman–Crippen LogP) is 2.23. The van der Waals surface area contributed by atoms with Crippen LogP contribution < -0.4 is 10.2 Å². The first-order valence-electron chi connectivity index (χ1n) is 6.48. The van der Waals surface area contributed by atoms with Gasteiger partial charge in [-0.25, -0.2) is 0 Å². The number of nitrogens with zero attached hydrogens (tertiary/aromatic N) is 1. The molecule has 0 unspecified atom stereocenters. The van der Waals surface area contributed by atoms with Crippen LogP contribution in [0.3, 0.4) is 0 Å². The Labute approximate surface area is 119 Å². The van der Waals surface area contributed by atoms with E-state index >= 15 is 0 Å². The Kier molecular flexibility index (Phi) is 4.20. The number of hydrogen-bond acceptors (Lipinski definition) is 3. The molecule has 0 heterocycles. The predicted molar refractivity (Wildman–Crippen MR) is 71.3 cm³/mol. The van der Waals surface area contributed by atoms with E-state index in [4.69, 9.17) is 0 Å². The number of halogens is 3. The Hall–Kier alpha value is -2.05. The normalized spacial score (nSPS) is 14.7. The molecule has 0 aromatic heterocycles. The van der Waals surface area contributed by atoms with Gasteiger partial charge in [0, 0.05) is 24.3 Å². The van der Waals surface area contributed by atoms with E-state index in [1.165, 1.54) is 24.1 Å². The van der Waals surface area contributed by atoms with Crippen molar-refractivity contribution in [2.75, 3.05) is 18.5 Å². The lowest BCUT2D eigenvalue weighted by atomic mass is 10.1. The van der Waals surface area contributed by atoms with Crippen molar-refractivity contribution in [2.24, 2.45) is 0 Å². The average Bonchev–Trinajstić information content (AvgIpc) is 3.20. The smallest absolute Gasteiger partial charge is 0.365 e. The van der Waals surface area contributed by atoms with E-state index in [0.717, 1.165) is 18.9 Å². The van der Waals surface area contributed by atoms with Gasteiger partial charge in [0.1, 0.15) is 6.29 Å². The molecule has 0 radical (unpaired) electrons. The summed E-state index contributed by atoms with van der Waals surface area (Å²) in [6.45, 7) is -0.167. The lowest BCUT2D eigenvalue weighted by Gasteiger charge is -2.23. The summed E-state index contributed by atoms with van der Waals surface area (Å²) in [5, 5.41) is 2.72. The molecular formula is C14H15F3N2O2. The summed E-state index contributed by atoms with van der Waals surface area (Å²) in [7, 11) is 1.41. The number of anilines is 1. The standard InChI is InChI=1S/C14H15F3N2O2/c1-19(7-13(21)18-10-3-4-10)12-5-2-9(8-20)6-11(12)14(15,16)17/h2,5-6,8,10H,3-4,7H2,1H3,(H,18,21). The zero-order valence-corrected chi connectivity index (χ0v) is 11.4. The van der Waals surface area contributed by atoms with E-state index in [1.54, 1.807) is 0 Å².